The van der Waals surface area contributed by atoms with Crippen molar-refractivity contribution in [2.24, 2.45) is 0 Å². The normalized spacial score (nSPS) is 14.4. The second kappa shape index (κ2) is 6.56. The van der Waals surface area contributed by atoms with Crippen LogP contribution in [0.2, 0.25) is 0 Å². The van der Waals surface area contributed by atoms with Crippen molar-refractivity contribution < 1.29 is 18.7 Å². The summed E-state index contributed by atoms with van der Waals surface area (Å²) in [4.78, 5) is 23.6. The number of amides is 2. The van der Waals surface area contributed by atoms with Crippen molar-refractivity contribution >= 4 is 17.5 Å². The molecule has 0 saturated heterocycles. The molecule has 1 aliphatic heterocycles. The number of furan rings is 1. The number of hydrogen-bond acceptors (Lipinski definition) is 4. The molecule has 1 aromatic carbocycles. The van der Waals surface area contributed by atoms with Gasteiger partial charge in [0.2, 0.25) is 0 Å². The van der Waals surface area contributed by atoms with E-state index in [0.29, 0.717) is 17.0 Å². The number of fused-ring (bicyclic) bond motifs is 1. The van der Waals surface area contributed by atoms with Gasteiger partial charge in [-0.2, -0.15) is 0 Å². The molecule has 1 atom stereocenters. The van der Waals surface area contributed by atoms with Crippen molar-refractivity contribution in [2.75, 3.05) is 11.9 Å². The number of benzene rings is 1. The van der Waals surface area contributed by atoms with E-state index in [1.807, 2.05) is 19.1 Å². The van der Waals surface area contributed by atoms with Gasteiger partial charge in [-0.05, 0) is 43.7 Å². The van der Waals surface area contributed by atoms with Crippen molar-refractivity contribution in [1.29, 1.82) is 0 Å². The lowest BCUT2D eigenvalue weighted by molar-refractivity contribution is -0.118. The zero-order valence-corrected chi connectivity index (χ0v) is 12.8. The van der Waals surface area contributed by atoms with E-state index in [4.69, 9.17) is 9.15 Å². The van der Waals surface area contributed by atoms with Gasteiger partial charge in [-0.1, -0.05) is 0 Å². The van der Waals surface area contributed by atoms with Crippen molar-refractivity contribution in [2.45, 2.75) is 25.8 Å². The Kier molecular flexibility index (Phi) is 4.32. The summed E-state index contributed by atoms with van der Waals surface area (Å²) in [5.74, 6) is 1.08. The summed E-state index contributed by atoms with van der Waals surface area (Å²) in [6.45, 7) is 1.95. The van der Waals surface area contributed by atoms with Gasteiger partial charge < -0.3 is 19.8 Å². The van der Waals surface area contributed by atoms with Crippen molar-refractivity contribution in [1.82, 2.24) is 5.32 Å². The van der Waals surface area contributed by atoms with Crippen LogP contribution in [0.25, 0.3) is 0 Å². The van der Waals surface area contributed by atoms with Crippen molar-refractivity contribution in [3.8, 4) is 5.75 Å². The van der Waals surface area contributed by atoms with Crippen LogP contribution in [-0.4, -0.2) is 24.5 Å². The van der Waals surface area contributed by atoms with Crippen LogP contribution in [0.3, 0.4) is 0 Å². The van der Waals surface area contributed by atoms with Crippen molar-refractivity contribution in [3.63, 3.8) is 0 Å². The predicted molar refractivity (Wildman–Crippen MR) is 84.5 cm³/mol. The number of anilines is 1. The lowest BCUT2D eigenvalue weighted by atomic mass is 10.1. The van der Waals surface area contributed by atoms with E-state index in [2.05, 4.69) is 10.6 Å². The van der Waals surface area contributed by atoms with E-state index in [9.17, 15) is 9.59 Å². The van der Waals surface area contributed by atoms with E-state index >= 15 is 0 Å². The summed E-state index contributed by atoms with van der Waals surface area (Å²) in [6.07, 6.45) is 3.19. The molecule has 6 heteroatoms. The zero-order valence-electron chi connectivity index (χ0n) is 12.8. The second-order valence-electron chi connectivity index (χ2n) is 5.54. The molecule has 0 aliphatic carbocycles. The minimum Gasteiger partial charge on any atom is -0.482 e. The number of carbonyl (C=O) groups is 2. The van der Waals surface area contributed by atoms with Crippen LogP contribution >= 0.6 is 0 Å². The fourth-order valence-electron chi connectivity index (χ4n) is 2.42. The lowest BCUT2D eigenvalue weighted by Gasteiger charge is -2.19. The van der Waals surface area contributed by atoms with E-state index in [-0.39, 0.29) is 24.5 Å². The molecule has 0 bridgehead atoms. The first-order valence-corrected chi connectivity index (χ1v) is 7.52. The molecule has 120 valence electrons. The van der Waals surface area contributed by atoms with E-state index in [0.717, 1.165) is 18.6 Å². The summed E-state index contributed by atoms with van der Waals surface area (Å²) in [5.41, 5.74) is 1.01. The third kappa shape index (κ3) is 3.71. The third-order valence-electron chi connectivity index (χ3n) is 3.66. The van der Waals surface area contributed by atoms with Gasteiger partial charge in [0.15, 0.2) is 6.61 Å². The molecule has 0 spiro atoms. The molecule has 2 amide bonds. The molecule has 23 heavy (non-hydrogen) atoms. The zero-order chi connectivity index (χ0) is 16.2. The van der Waals surface area contributed by atoms with Gasteiger partial charge in [0.05, 0.1) is 12.0 Å². The molecule has 1 aliphatic rings. The number of rotatable bonds is 5. The molecule has 0 saturated carbocycles. The molecule has 2 aromatic rings. The van der Waals surface area contributed by atoms with E-state index < -0.39 is 0 Å². The van der Waals surface area contributed by atoms with Crippen LogP contribution in [0.1, 0.15) is 29.5 Å². The first-order chi connectivity index (χ1) is 11.1. The highest BCUT2D eigenvalue weighted by Crippen LogP contribution is 2.28. The Labute approximate surface area is 133 Å². The minimum absolute atomic E-state index is 0.00234. The fraction of sp³-hybridized carbons (Fsp3) is 0.294. The Morgan fingerprint density at radius 3 is 3.04 bits per heavy atom. The Balaban J connectivity index is 1.59. The number of ether oxygens (including phenoxy) is 1. The maximum atomic E-state index is 12.3. The predicted octanol–water partition coefficient (Wildman–Crippen LogP) is 2.36. The largest absolute Gasteiger partial charge is 0.482 e. The Hall–Kier alpha value is -2.76. The van der Waals surface area contributed by atoms with Gasteiger partial charge in [-0.3, -0.25) is 9.59 Å². The minimum atomic E-state index is -0.220. The van der Waals surface area contributed by atoms with Crippen LogP contribution in [0, 0.1) is 0 Å². The van der Waals surface area contributed by atoms with Crippen LogP contribution < -0.4 is 15.4 Å². The quantitative estimate of drug-likeness (QED) is 0.888. The van der Waals surface area contributed by atoms with Gasteiger partial charge >= 0.3 is 0 Å². The molecular formula is C17H18N2O4. The number of aryl methyl sites for hydroxylation is 1. The van der Waals surface area contributed by atoms with Gasteiger partial charge in [-0.25, -0.2) is 0 Å². The summed E-state index contributed by atoms with van der Waals surface area (Å²) < 4.78 is 10.6. The molecule has 6 nitrogen and oxygen atoms in total. The molecule has 2 heterocycles. The SMILES string of the molecule is C[C@@H](CCc1ccco1)NC(=O)c1ccc2c(c1)NC(=O)CO2. The van der Waals surface area contributed by atoms with Crippen LogP contribution in [0.15, 0.2) is 41.0 Å². The van der Waals surface area contributed by atoms with Gasteiger partial charge in [0.25, 0.3) is 11.8 Å². The molecule has 0 unspecified atom stereocenters. The third-order valence-corrected chi connectivity index (χ3v) is 3.66. The molecule has 1 aromatic heterocycles. The lowest BCUT2D eigenvalue weighted by Crippen LogP contribution is -2.33. The Morgan fingerprint density at radius 2 is 2.26 bits per heavy atom. The Morgan fingerprint density at radius 1 is 1.39 bits per heavy atom. The number of nitrogens with one attached hydrogen (secondary N) is 2. The molecule has 2 N–H and O–H groups in total. The van der Waals surface area contributed by atoms with Crippen LogP contribution in [0.5, 0.6) is 5.75 Å². The average Bonchev–Trinajstić information content (AvgIpc) is 3.05. The van der Waals surface area contributed by atoms with E-state index in [1.165, 1.54) is 0 Å². The van der Waals surface area contributed by atoms with Gasteiger partial charge in [-0.15, -0.1) is 0 Å². The monoisotopic (exact) mass is 314 g/mol. The molecule has 0 radical (unpaired) electrons. The fourth-order valence-corrected chi connectivity index (χ4v) is 2.42. The first kappa shape index (κ1) is 15.1. The number of hydrogen-bond donors (Lipinski definition) is 2. The topological polar surface area (TPSA) is 80.6 Å². The number of carbonyl (C=O) groups excluding carboxylic acids is 2. The summed E-state index contributed by atoms with van der Waals surface area (Å²) >= 11 is 0. The first-order valence-electron chi connectivity index (χ1n) is 7.52. The highest BCUT2D eigenvalue weighted by Gasteiger charge is 2.18. The molecular weight excluding hydrogens is 296 g/mol. The summed E-state index contributed by atoms with van der Waals surface area (Å²) in [5, 5.41) is 5.64. The maximum absolute atomic E-state index is 12.3. The van der Waals surface area contributed by atoms with Gasteiger partial charge in [0.1, 0.15) is 11.5 Å². The average molecular weight is 314 g/mol. The van der Waals surface area contributed by atoms with Crippen LogP contribution in [-0.2, 0) is 11.2 Å². The second-order valence-corrected chi connectivity index (χ2v) is 5.54. The molecule has 3 rings (SSSR count). The summed E-state index contributed by atoms with van der Waals surface area (Å²) in [7, 11) is 0. The standard InChI is InChI=1S/C17H18N2O4/c1-11(4-6-13-3-2-8-22-13)18-17(21)12-5-7-15-14(9-12)19-16(20)10-23-15/h2-3,5,7-9,11H,4,6,10H2,1H3,(H,18,21)(H,19,20)/t11-/m0/s1. The maximum Gasteiger partial charge on any atom is 0.262 e. The van der Waals surface area contributed by atoms with Crippen LogP contribution in [0.4, 0.5) is 5.69 Å². The van der Waals surface area contributed by atoms with Gasteiger partial charge in [0, 0.05) is 18.0 Å². The van der Waals surface area contributed by atoms with E-state index in [1.54, 1.807) is 24.5 Å². The Bertz CT molecular complexity index is 709. The van der Waals surface area contributed by atoms with Crippen molar-refractivity contribution in [3.05, 3.63) is 47.9 Å². The summed E-state index contributed by atoms with van der Waals surface area (Å²) in [6, 6.07) is 8.78. The highest BCUT2D eigenvalue weighted by atomic mass is 16.5. The smallest absolute Gasteiger partial charge is 0.262 e. The molecule has 0 fully saturated rings. The highest BCUT2D eigenvalue weighted by molar-refractivity contribution is 5.99.